The molecule has 0 aliphatic heterocycles. The zero-order valence-corrected chi connectivity index (χ0v) is 13.6. The van der Waals surface area contributed by atoms with Gasteiger partial charge in [-0.25, -0.2) is 4.98 Å². The van der Waals surface area contributed by atoms with Crippen molar-refractivity contribution in [2.24, 2.45) is 0 Å². The molecule has 0 bridgehead atoms. The minimum Gasteiger partial charge on any atom is -0.359 e. The van der Waals surface area contributed by atoms with Crippen LogP contribution in [0.25, 0.3) is 10.9 Å². The Hall–Kier alpha value is -2.07. The minimum atomic E-state index is 0.406. The summed E-state index contributed by atoms with van der Waals surface area (Å²) in [7, 11) is 0. The Kier molecular flexibility index (Phi) is 4.29. The normalized spacial score (nSPS) is 12.9. The number of fused-ring (bicyclic) bond motifs is 1. The molecular formula is C18H24N4. The fourth-order valence-electron chi connectivity index (χ4n) is 2.91. The fourth-order valence-corrected chi connectivity index (χ4v) is 2.91. The van der Waals surface area contributed by atoms with Crippen LogP contribution in [0, 0.1) is 6.92 Å². The van der Waals surface area contributed by atoms with Gasteiger partial charge in [0.15, 0.2) is 0 Å². The lowest BCUT2D eigenvalue weighted by atomic mass is 10.1. The molecule has 116 valence electrons. The predicted molar refractivity (Wildman–Crippen MR) is 90.9 cm³/mol. The predicted octanol–water partition coefficient (Wildman–Crippen LogP) is 3.41. The van der Waals surface area contributed by atoms with E-state index in [2.05, 4.69) is 71.1 Å². The highest BCUT2D eigenvalue weighted by Gasteiger charge is 2.06. The molecule has 0 aliphatic rings. The number of rotatable bonds is 6. The molecule has 0 saturated heterocycles. The Morgan fingerprint density at radius 1 is 1.32 bits per heavy atom. The van der Waals surface area contributed by atoms with Crippen molar-refractivity contribution in [3.63, 3.8) is 0 Å². The standard InChI is InChI=1S/C18H24N4/c1-4-18-19-7-8-22(18)12-14(3)20-11-15-5-6-17-16(10-15)9-13(2)21-17/h5-10,14,20-21H,4,11-12H2,1-3H3. The summed E-state index contributed by atoms with van der Waals surface area (Å²) in [5.74, 6) is 1.15. The van der Waals surface area contributed by atoms with Gasteiger partial charge in [-0.1, -0.05) is 13.0 Å². The number of nitrogens with one attached hydrogen (secondary N) is 2. The maximum absolute atomic E-state index is 4.37. The van der Waals surface area contributed by atoms with Gasteiger partial charge in [0, 0.05) is 49.2 Å². The van der Waals surface area contributed by atoms with E-state index in [1.807, 2.05) is 6.20 Å². The average Bonchev–Trinajstić information content (AvgIpc) is 3.09. The van der Waals surface area contributed by atoms with Crippen molar-refractivity contribution >= 4 is 10.9 Å². The van der Waals surface area contributed by atoms with Crippen LogP contribution in [0.1, 0.15) is 30.9 Å². The van der Waals surface area contributed by atoms with Crippen LogP contribution >= 0.6 is 0 Å². The number of H-pyrrole nitrogens is 1. The molecule has 1 atom stereocenters. The third kappa shape index (κ3) is 3.22. The highest BCUT2D eigenvalue weighted by molar-refractivity contribution is 5.81. The second-order valence-electron chi connectivity index (χ2n) is 6.01. The number of imidazole rings is 1. The number of benzene rings is 1. The van der Waals surface area contributed by atoms with E-state index in [0.29, 0.717) is 6.04 Å². The quantitative estimate of drug-likeness (QED) is 0.732. The van der Waals surface area contributed by atoms with Gasteiger partial charge in [0.1, 0.15) is 5.82 Å². The molecule has 4 heteroatoms. The summed E-state index contributed by atoms with van der Waals surface area (Å²) in [6.07, 6.45) is 4.92. The molecule has 0 saturated carbocycles. The maximum Gasteiger partial charge on any atom is 0.108 e. The lowest BCUT2D eigenvalue weighted by molar-refractivity contribution is 0.468. The van der Waals surface area contributed by atoms with E-state index in [0.717, 1.165) is 25.3 Å². The SMILES string of the molecule is CCc1nccn1CC(C)NCc1ccc2[nH]c(C)cc2c1. The van der Waals surface area contributed by atoms with Crippen LogP contribution in [-0.2, 0) is 19.5 Å². The van der Waals surface area contributed by atoms with Gasteiger partial charge in [0.05, 0.1) is 0 Å². The van der Waals surface area contributed by atoms with Gasteiger partial charge in [0.2, 0.25) is 0 Å². The first-order valence-corrected chi connectivity index (χ1v) is 7.97. The molecule has 0 amide bonds. The zero-order chi connectivity index (χ0) is 15.5. The summed E-state index contributed by atoms with van der Waals surface area (Å²) < 4.78 is 2.23. The molecule has 1 aromatic carbocycles. The van der Waals surface area contributed by atoms with E-state index in [1.54, 1.807) is 0 Å². The van der Waals surface area contributed by atoms with Gasteiger partial charge < -0.3 is 14.9 Å². The molecule has 0 aliphatic carbocycles. The zero-order valence-electron chi connectivity index (χ0n) is 13.6. The summed E-state index contributed by atoms with van der Waals surface area (Å²) in [4.78, 5) is 7.74. The van der Waals surface area contributed by atoms with Crippen molar-refractivity contribution in [2.75, 3.05) is 0 Å². The molecule has 4 nitrogen and oxygen atoms in total. The number of aromatic amines is 1. The molecule has 0 spiro atoms. The van der Waals surface area contributed by atoms with Gasteiger partial charge in [-0.15, -0.1) is 0 Å². The second-order valence-corrected chi connectivity index (χ2v) is 6.01. The van der Waals surface area contributed by atoms with Crippen molar-refractivity contribution in [1.29, 1.82) is 0 Å². The highest BCUT2D eigenvalue weighted by atomic mass is 15.1. The van der Waals surface area contributed by atoms with Gasteiger partial charge in [-0.3, -0.25) is 0 Å². The smallest absolute Gasteiger partial charge is 0.108 e. The maximum atomic E-state index is 4.37. The van der Waals surface area contributed by atoms with Gasteiger partial charge >= 0.3 is 0 Å². The van der Waals surface area contributed by atoms with Crippen LogP contribution in [0.2, 0.25) is 0 Å². The number of hydrogen-bond acceptors (Lipinski definition) is 2. The van der Waals surface area contributed by atoms with Crippen LogP contribution in [0.15, 0.2) is 36.7 Å². The monoisotopic (exact) mass is 296 g/mol. The number of hydrogen-bond donors (Lipinski definition) is 2. The van der Waals surface area contributed by atoms with Crippen molar-refractivity contribution in [2.45, 2.75) is 46.3 Å². The van der Waals surface area contributed by atoms with Crippen molar-refractivity contribution in [1.82, 2.24) is 19.9 Å². The molecule has 0 fully saturated rings. The van der Waals surface area contributed by atoms with Crippen LogP contribution in [0.3, 0.4) is 0 Å². The van der Waals surface area contributed by atoms with Crippen molar-refractivity contribution in [3.05, 3.63) is 53.7 Å². The lowest BCUT2D eigenvalue weighted by Gasteiger charge is -2.16. The van der Waals surface area contributed by atoms with E-state index in [1.165, 1.54) is 22.2 Å². The number of aromatic nitrogens is 3. The molecule has 22 heavy (non-hydrogen) atoms. The summed E-state index contributed by atoms with van der Waals surface area (Å²) in [5, 5.41) is 4.89. The summed E-state index contributed by atoms with van der Waals surface area (Å²) in [6.45, 7) is 8.30. The topological polar surface area (TPSA) is 45.6 Å². The number of nitrogens with zero attached hydrogens (tertiary/aromatic N) is 2. The van der Waals surface area contributed by atoms with Crippen LogP contribution in [0.4, 0.5) is 0 Å². The molecular weight excluding hydrogens is 272 g/mol. The molecule has 3 aromatic rings. The van der Waals surface area contributed by atoms with E-state index in [-0.39, 0.29) is 0 Å². The van der Waals surface area contributed by atoms with Crippen LogP contribution < -0.4 is 5.32 Å². The Morgan fingerprint density at radius 3 is 3.00 bits per heavy atom. The fraction of sp³-hybridized carbons (Fsp3) is 0.389. The first-order chi connectivity index (χ1) is 10.7. The molecule has 2 N–H and O–H groups in total. The Bertz CT molecular complexity index is 753. The first kappa shape index (κ1) is 14.9. The molecule has 1 unspecified atom stereocenters. The summed E-state index contributed by atoms with van der Waals surface area (Å²) in [5.41, 5.74) is 3.74. The average molecular weight is 296 g/mol. The molecule has 3 rings (SSSR count). The van der Waals surface area contributed by atoms with E-state index in [9.17, 15) is 0 Å². The number of aryl methyl sites for hydroxylation is 2. The van der Waals surface area contributed by atoms with Crippen LogP contribution in [-0.4, -0.2) is 20.6 Å². The molecule has 2 heterocycles. The second kappa shape index (κ2) is 6.36. The van der Waals surface area contributed by atoms with Crippen LogP contribution in [0.5, 0.6) is 0 Å². The van der Waals surface area contributed by atoms with E-state index in [4.69, 9.17) is 0 Å². The molecule has 2 aromatic heterocycles. The third-order valence-corrected chi connectivity index (χ3v) is 4.06. The molecule has 0 radical (unpaired) electrons. The first-order valence-electron chi connectivity index (χ1n) is 7.97. The Morgan fingerprint density at radius 2 is 2.18 bits per heavy atom. The Labute approximate surface area is 131 Å². The summed E-state index contributed by atoms with van der Waals surface area (Å²) in [6, 6.07) is 9.21. The largest absolute Gasteiger partial charge is 0.359 e. The highest BCUT2D eigenvalue weighted by Crippen LogP contribution is 2.16. The van der Waals surface area contributed by atoms with Gasteiger partial charge in [-0.05, 0) is 43.0 Å². The van der Waals surface area contributed by atoms with Gasteiger partial charge in [-0.2, -0.15) is 0 Å². The Balaban J connectivity index is 1.60. The van der Waals surface area contributed by atoms with Gasteiger partial charge in [0.25, 0.3) is 0 Å². The van der Waals surface area contributed by atoms with E-state index >= 15 is 0 Å². The van der Waals surface area contributed by atoms with Crippen molar-refractivity contribution < 1.29 is 0 Å². The van der Waals surface area contributed by atoms with E-state index < -0.39 is 0 Å². The third-order valence-electron chi connectivity index (χ3n) is 4.06. The van der Waals surface area contributed by atoms with Crippen molar-refractivity contribution in [3.8, 4) is 0 Å². The lowest BCUT2D eigenvalue weighted by Crippen LogP contribution is -2.30. The minimum absolute atomic E-state index is 0.406. The summed E-state index contributed by atoms with van der Waals surface area (Å²) >= 11 is 0.